The zero-order valence-electron chi connectivity index (χ0n) is 18.8. The number of hydrogen-bond donors (Lipinski definition) is 2. The van der Waals surface area contributed by atoms with E-state index in [0.29, 0.717) is 30.0 Å². The molecule has 7 atom stereocenters. The molecule has 3 unspecified atom stereocenters. The van der Waals surface area contributed by atoms with E-state index in [2.05, 4.69) is 19.9 Å². The molecule has 0 aromatic rings. The van der Waals surface area contributed by atoms with Crippen molar-refractivity contribution in [2.24, 2.45) is 28.6 Å². The van der Waals surface area contributed by atoms with Gasteiger partial charge in [0.05, 0.1) is 17.3 Å². The largest absolute Gasteiger partial charge is 0.390 e. The van der Waals surface area contributed by atoms with E-state index in [1.54, 1.807) is 5.57 Å². The summed E-state index contributed by atoms with van der Waals surface area (Å²) >= 11 is 0. The Labute approximate surface area is 171 Å². The number of fused-ring (bicyclic) bond motifs is 5. The molecule has 0 aromatic carbocycles. The maximum absolute atomic E-state index is 10.6. The molecule has 3 fully saturated rings. The Morgan fingerprint density at radius 1 is 1.07 bits per heavy atom. The quantitative estimate of drug-likeness (QED) is 0.645. The molecule has 0 saturated heterocycles. The van der Waals surface area contributed by atoms with Gasteiger partial charge in [0.2, 0.25) is 0 Å². The Morgan fingerprint density at radius 3 is 2.54 bits per heavy atom. The van der Waals surface area contributed by atoms with Crippen molar-refractivity contribution < 1.29 is 14.9 Å². The third-order valence-corrected chi connectivity index (χ3v) is 9.33. The van der Waals surface area contributed by atoms with E-state index < -0.39 is 11.2 Å². The van der Waals surface area contributed by atoms with E-state index in [4.69, 9.17) is 4.74 Å². The van der Waals surface area contributed by atoms with Gasteiger partial charge in [0, 0.05) is 6.61 Å². The molecule has 0 bridgehead atoms. The van der Waals surface area contributed by atoms with Crippen molar-refractivity contribution in [3.05, 3.63) is 11.6 Å². The van der Waals surface area contributed by atoms with Crippen molar-refractivity contribution in [3.8, 4) is 0 Å². The third-order valence-electron chi connectivity index (χ3n) is 9.33. The summed E-state index contributed by atoms with van der Waals surface area (Å²) in [7, 11) is 0. The van der Waals surface area contributed by atoms with Gasteiger partial charge >= 0.3 is 0 Å². The fourth-order valence-electron chi connectivity index (χ4n) is 7.48. The van der Waals surface area contributed by atoms with Crippen LogP contribution in [-0.2, 0) is 4.74 Å². The maximum atomic E-state index is 10.6. The summed E-state index contributed by atoms with van der Waals surface area (Å²) in [6.45, 7) is 11.4. The first-order valence-electron chi connectivity index (χ1n) is 11.7. The SMILES string of the molecule is CC(C)(O)CCO[C@H]1CCC2C3CC=C4C[C@@](C)(O)CC[C@]4(C)C3CC[C@@]21C. The monoisotopic (exact) mass is 390 g/mol. The molecule has 160 valence electrons. The van der Waals surface area contributed by atoms with Gasteiger partial charge in [-0.25, -0.2) is 0 Å². The summed E-state index contributed by atoms with van der Waals surface area (Å²) in [6, 6.07) is 0. The number of aliphatic hydroxyl groups is 2. The van der Waals surface area contributed by atoms with Gasteiger partial charge in [-0.3, -0.25) is 0 Å². The van der Waals surface area contributed by atoms with Crippen molar-refractivity contribution in [2.75, 3.05) is 6.61 Å². The van der Waals surface area contributed by atoms with Gasteiger partial charge in [0.25, 0.3) is 0 Å². The fourth-order valence-corrected chi connectivity index (χ4v) is 7.48. The Kier molecular flexibility index (Phi) is 5.08. The van der Waals surface area contributed by atoms with Gasteiger partial charge in [-0.15, -0.1) is 0 Å². The van der Waals surface area contributed by atoms with Crippen LogP contribution < -0.4 is 0 Å². The molecule has 0 radical (unpaired) electrons. The van der Waals surface area contributed by atoms with Gasteiger partial charge in [-0.05, 0) is 107 Å². The predicted octanol–water partition coefficient (Wildman–Crippen LogP) is 5.25. The van der Waals surface area contributed by atoms with Gasteiger partial charge < -0.3 is 14.9 Å². The van der Waals surface area contributed by atoms with E-state index in [0.717, 1.165) is 37.0 Å². The lowest BCUT2D eigenvalue weighted by Crippen LogP contribution is -2.52. The summed E-state index contributed by atoms with van der Waals surface area (Å²) < 4.78 is 6.38. The first kappa shape index (κ1) is 20.9. The minimum absolute atomic E-state index is 0.294. The summed E-state index contributed by atoms with van der Waals surface area (Å²) in [5.41, 5.74) is 0.991. The highest BCUT2D eigenvalue weighted by molar-refractivity contribution is 5.26. The molecule has 4 rings (SSSR count). The second-order valence-electron chi connectivity index (χ2n) is 12.0. The van der Waals surface area contributed by atoms with Gasteiger partial charge in [0.1, 0.15) is 0 Å². The van der Waals surface area contributed by atoms with Crippen LogP contribution in [0.25, 0.3) is 0 Å². The molecule has 0 aromatic heterocycles. The van der Waals surface area contributed by atoms with Crippen molar-refractivity contribution in [3.63, 3.8) is 0 Å². The highest BCUT2D eigenvalue weighted by Gasteiger charge is 2.59. The summed E-state index contributed by atoms with van der Waals surface area (Å²) in [4.78, 5) is 0. The van der Waals surface area contributed by atoms with E-state index in [9.17, 15) is 10.2 Å². The lowest BCUT2D eigenvalue weighted by atomic mass is 9.47. The first-order valence-corrected chi connectivity index (χ1v) is 11.7. The van der Waals surface area contributed by atoms with Crippen LogP contribution in [0.5, 0.6) is 0 Å². The van der Waals surface area contributed by atoms with Crippen molar-refractivity contribution in [2.45, 2.75) is 110 Å². The zero-order chi connectivity index (χ0) is 20.4. The van der Waals surface area contributed by atoms with Crippen LogP contribution in [0.3, 0.4) is 0 Å². The van der Waals surface area contributed by atoms with Crippen LogP contribution in [0.1, 0.15) is 92.4 Å². The van der Waals surface area contributed by atoms with Crippen LogP contribution in [0, 0.1) is 28.6 Å². The number of rotatable bonds is 4. The van der Waals surface area contributed by atoms with Gasteiger partial charge in [-0.2, -0.15) is 0 Å². The predicted molar refractivity (Wildman–Crippen MR) is 113 cm³/mol. The summed E-state index contributed by atoms with van der Waals surface area (Å²) in [6.07, 6.45) is 12.8. The lowest BCUT2D eigenvalue weighted by molar-refractivity contribution is -0.104. The molecule has 4 aliphatic carbocycles. The van der Waals surface area contributed by atoms with Crippen LogP contribution >= 0.6 is 0 Å². The summed E-state index contributed by atoms with van der Waals surface area (Å²) in [5.74, 6) is 2.31. The standard InChI is InChI=1S/C25H42O3/c1-22(2,26)14-15-28-21-9-8-19-18-7-6-17-16-23(3,27)12-13-24(17,4)20(18)10-11-25(19,21)5/h6,18-21,26-27H,7-16H2,1-5H3/t18?,19?,20?,21-,23-,24-,25-/m0/s1. The highest BCUT2D eigenvalue weighted by atomic mass is 16.5. The smallest absolute Gasteiger partial charge is 0.0657 e. The maximum Gasteiger partial charge on any atom is 0.0657 e. The molecule has 2 N–H and O–H groups in total. The minimum Gasteiger partial charge on any atom is -0.390 e. The molecule has 3 saturated carbocycles. The second kappa shape index (κ2) is 6.82. The van der Waals surface area contributed by atoms with Gasteiger partial charge in [-0.1, -0.05) is 25.5 Å². The van der Waals surface area contributed by atoms with E-state index in [1.807, 2.05) is 20.8 Å². The molecule has 0 spiro atoms. The molecule has 28 heavy (non-hydrogen) atoms. The van der Waals surface area contributed by atoms with Crippen molar-refractivity contribution in [1.29, 1.82) is 0 Å². The van der Waals surface area contributed by atoms with Crippen LogP contribution in [0.4, 0.5) is 0 Å². The van der Waals surface area contributed by atoms with E-state index in [1.165, 1.54) is 32.1 Å². The molecule has 0 aliphatic heterocycles. The second-order valence-corrected chi connectivity index (χ2v) is 12.0. The van der Waals surface area contributed by atoms with E-state index in [-0.39, 0.29) is 0 Å². The molecule has 4 aliphatic rings. The molecule has 0 amide bonds. The Balaban J connectivity index is 1.49. The highest BCUT2D eigenvalue weighted by Crippen LogP contribution is 2.65. The van der Waals surface area contributed by atoms with Crippen LogP contribution in [-0.4, -0.2) is 34.1 Å². The normalized spacial score (nSPS) is 48.5. The van der Waals surface area contributed by atoms with E-state index >= 15 is 0 Å². The minimum atomic E-state index is -0.641. The third kappa shape index (κ3) is 3.50. The zero-order valence-corrected chi connectivity index (χ0v) is 18.8. The Hall–Kier alpha value is -0.380. The lowest BCUT2D eigenvalue weighted by Gasteiger charge is -2.58. The number of ether oxygens (including phenoxy) is 1. The fraction of sp³-hybridized carbons (Fsp3) is 0.920. The number of allylic oxidation sites excluding steroid dienone is 1. The summed E-state index contributed by atoms with van der Waals surface area (Å²) in [5, 5.41) is 20.6. The van der Waals surface area contributed by atoms with Crippen molar-refractivity contribution in [1.82, 2.24) is 0 Å². The topological polar surface area (TPSA) is 49.7 Å². The Bertz CT molecular complexity index is 630. The Morgan fingerprint density at radius 2 is 1.82 bits per heavy atom. The average Bonchev–Trinajstić information content (AvgIpc) is 2.91. The number of hydrogen-bond acceptors (Lipinski definition) is 3. The first-order chi connectivity index (χ1) is 12.9. The van der Waals surface area contributed by atoms with Crippen molar-refractivity contribution >= 4 is 0 Å². The molecular formula is C25H42O3. The van der Waals surface area contributed by atoms with Crippen LogP contribution in [0.15, 0.2) is 11.6 Å². The average molecular weight is 391 g/mol. The molecule has 0 heterocycles. The van der Waals surface area contributed by atoms with Crippen LogP contribution in [0.2, 0.25) is 0 Å². The molecule has 3 nitrogen and oxygen atoms in total. The molecule has 3 heteroatoms. The molecular weight excluding hydrogens is 348 g/mol. The van der Waals surface area contributed by atoms with Gasteiger partial charge in [0.15, 0.2) is 0 Å².